The molecule has 0 radical (unpaired) electrons. The lowest BCUT2D eigenvalue weighted by molar-refractivity contribution is 0.131. The SMILES string of the molecule is CCOCc1[nH]c(=O)c(C2=NCC(CC)=C(Cc3ccc(Cl)cc3)O2)c(O)c1-c1c(OC)cccc1OC. The summed E-state index contributed by atoms with van der Waals surface area (Å²) < 4.78 is 23.0. The van der Waals surface area contributed by atoms with Crippen molar-refractivity contribution < 1.29 is 24.1 Å². The summed E-state index contributed by atoms with van der Waals surface area (Å²) in [6.45, 7) is 4.70. The normalized spacial score (nSPS) is 13.2. The molecule has 0 fully saturated rings. The van der Waals surface area contributed by atoms with Crippen molar-refractivity contribution in [3.63, 3.8) is 0 Å². The van der Waals surface area contributed by atoms with Crippen molar-refractivity contribution in [3.05, 3.63) is 86.0 Å². The fourth-order valence-corrected chi connectivity index (χ4v) is 4.51. The minimum atomic E-state index is -0.542. The van der Waals surface area contributed by atoms with Crippen LogP contribution in [0.2, 0.25) is 5.02 Å². The second-order valence-corrected chi connectivity index (χ2v) is 9.05. The third kappa shape index (κ3) is 5.56. The van der Waals surface area contributed by atoms with Crippen molar-refractivity contribution in [1.29, 1.82) is 0 Å². The van der Waals surface area contributed by atoms with E-state index in [1.54, 1.807) is 18.2 Å². The Labute approximate surface area is 226 Å². The van der Waals surface area contributed by atoms with E-state index >= 15 is 0 Å². The van der Waals surface area contributed by atoms with Gasteiger partial charge in [0, 0.05) is 18.1 Å². The number of aromatic amines is 1. The van der Waals surface area contributed by atoms with Crippen molar-refractivity contribution in [2.45, 2.75) is 33.3 Å². The highest BCUT2D eigenvalue weighted by molar-refractivity contribution is 6.30. The molecule has 3 aromatic rings. The maximum atomic E-state index is 13.3. The minimum absolute atomic E-state index is 0.0444. The number of ether oxygens (including phenoxy) is 4. The number of aromatic hydroxyl groups is 1. The van der Waals surface area contributed by atoms with Crippen LogP contribution in [0.15, 0.2) is 63.6 Å². The molecule has 4 rings (SSSR count). The molecule has 2 N–H and O–H groups in total. The number of pyridine rings is 1. The van der Waals surface area contributed by atoms with Crippen molar-refractivity contribution in [2.75, 3.05) is 27.4 Å². The van der Waals surface area contributed by atoms with Crippen LogP contribution in [-0.4, -0.2) is 43.4 Å². The van der Waals surface area contributed by atoms with E-state index in [0.29, 0.717) is 58.7 Å². The van der Waals surface area contributed by atoms with Crippen molar-refractivity contribution in [1.82, 2.24) is 4.98 Å². The molecule has 0 bridgehead atoms. The topological polar surface area (TPSA) is 102 Å². The molecule has 0 saturated heterocycles. The molecule has 38 heavy (non-hydrogen) atoms. The number of hydrogen-bond acceptors (Lipinski definition) is 7. The van der Waals surface area contributed by atoms with E-state index in [2.05, 4.69) is 9.98 Å². The van der Waals surface area contributed by atoms with Crippen molar-refractivity contribution >= 4 is 17.5 Å². The van der Waals surface area contributed by atoms with Crippen LogP contribution in [0.4, 0.5) is 0 Å². The summed E-state index contributed by atoms with van der Waals surface area (Å²) in [6.07, 6.45) is 1.23. The van der Waals surface area contributed by atoms with Gasteiger partial charge in [0.15, 0.2) is 0 Å². The molecule has 0 spiro atoms. The van der Waals surface area contributed by atoms with Gasteiger partial charge in [-0.3, -0.25) is 4.79 Å². The summed E-state index contributed by atoms with van der Waals surface area (Å²) in [5, 5.41) is 12.3. The van der Waals surface area contributed by atoms with Crippen LogP contribution in [-0.2, 0) is 22.5 Å². The van der Waals surface area contributed by atoms with Crippen LogP contribution < -0.4 is 15.0 Å². The Bertz CT molecular complexity index is 1400. The summed E-state index contributed by atoms with van der Waals surface area (Å²) in [7, 11) is 3.05. The number of allylic oxidation sites excluding steroid dienone is 1. The van der Waals surface area contributed by atoms with Gasteiger partial charge < -0.3 is 29.0 Å². The molecular formula is C29H31ClN2O6. The van der Waals surface area contributed by atoms with Gasteiger partial charge in [0.25, 0.3) is 5.56 Å². The Morgan fingerprint density at radius 1 is 1.03 bits per heavy atom. The van der Waals surface area contributed by atoms with E-state index in [1.165, 1.54) is 14.2 Å². The van der Waals surface area contributed by atoms with Gasteiger partial charge in [-0.2, -0.15) is 0 Å². The Kier molecular flexibility index (Phi) is 8.76. The van der Waals surface area contributed by atoms with Gasteiger partial charge in [0.1, 0.15) is 28.6 Å². The molecule has 8 nitrogen and oxygen atoms in total. The zero-order chi connectivity index (χ0) is 27.2. The quantitative estimate of drug-likeness (QED) is 0.346. The first kappa shape index (κ1) is 27.3. The van der Waals surface area contributed by atoms with Gasteiger partial charge in [-0.25, -0.2) is 4.99 Å². The standard InChI is InChI=1S/C29H31ClN2O6/c1-5-18-15-31-29(38-23(18)14-17-10-12-19(30)13-11-17)26-27(33)24(20(16-37-6-2)32-28(26)34)25-21(35-3)8-7-9-22(25)36-4/h7-13H,5-6,14-16H2,1-4H3,(H2,32,33,34). The highest BCUT2D eigenvalue weighted by Gasteiger charge is 2.29. The number of nitrogens with one attached hydrogen (secondary N) is 1. The lowest BCUT2D eigenvalue weighted by Gasteiger charge is -2.23. The molecule has 0 atom stereocenters. The summed E-state index contributed by atoms with van der Waals surface area (Å²) >= 11 is 6.05. The Morgan fingerprint density at radius 3 is 2.32 bits per heavy atom. The average molecular weight is 539 g/mol. The van der Waals surface area contributed by atoms with Crippen LogP contribution in [0.3, 0.4) is 0 Å². The first-order valence-corrected chi connectivity index (χ1v) is 12.7. The summed E-state index contributed by atoms with van der Waals surface area (Å²) in [6, 6.07) is 12.8. The molecule has 1 aliphatic rings. The van der Waals surface area contributed by atoms with Gasteiger partial charge in [0.2, 0.25) is 5.90 Å². The molecule has 9 heteroatoms. The maximum absolute atomic E-state index is 13.3. The molecule has 0 amide bonds. The molecule has 0 unspecified atom stereocenters. The van der Waals surface area contributed by atoms with Gasteiger partial charge in [-0.05, 0) is 48.7 Å². The highest BCUT2D eigenvalue weighted by atomic mass is 35.5. The summed E-state index contributed by atoms with van der Waals surface area (Å²) in [5.74, 6) is 1.35. The van der Waals surface area contributed by atoms with Crippen LogP contribution in [0.25, 0.3) is 11.1 Å². The molecule has 2 heterocycles. The van der Waals surface area contributed by atoms with Crippen LogP contribution >= 0.6 is 11.6 Å². The smallest absolute Gasteiger partial charge is 0.264 e. The van der Waals surface area contributed by atoms with Crippen molar-refractivity contribution in [3.8, 4) is 28.4 Å². The number of benzene rings is 2. The lowest BCUT2D eigenvalue weighted by Crippen LogP contribution is -2.26. The predicted molar refractivity (Wildman–Crippen MR) is 148 cm³/mol. The number of aliphatic imine (C=N–C) groups is 1. The van der Waals surface area contributed by atoms with Gasteiger partial charge >= 0.3 is 0 Å². The van der Waals surface area contributed by atoms with Crippen LogP contribution in [0.5, 0.6) is 17.2 Å². The number of methoxy groups -OCH3 is 2. The minimum Gasteiger partial charge on any atom is -0.506 e. The summed E-state index contributed by atoms with van der Waals surface area (Å²) in [5.41, 5.74) is 2.57. The first-order chi connectivity index (χ1) is 18.4. The molecule has 2 aromatic carbocycles. The third-order valence-corrected chi connectivity index (χ3v) is 6.59. The number of halogens is 1. The largest absolute Gasteiger partial charge is 0.506 e. The van der Waals surface area contributed by atoms with Crippen molar-refractivity contribution in [2.24, 2.45) is 4.99 Å². The third-order valence-electron chi connectivity index (χ3n) is 6.34. The number of nitrogens with zero attached hydrogens (tertiary/aromatic N) is 1. The molecule has 200 valence electrons. The number of rotatable bonds is 10. The summed E-state index contributed by atoms with van der Waals surface area (Å²) in [4.78, 5) is 20.7. The van der Waals surface area contributed by atoms with E-state index in [9.17, 15) is 9.90 Å². The van der Waals surface area contributed by atoms with Crippen LogP contribution in [0, 0.1) is 0 Å². The number of H-pyrrole nitrogens is 1. The van der Waals surface area contributed by atoms with E-state index in [4.69, 9.17) is 30.5 Å². The Hall–Kier alpha value is -3.75. The average Bonchev–Trinajstić information content (AvgIpc) is 2.93. The number of aromatic nitrogens is 1. The molecule has 1 aliphatic heterocycles. The van der Waals surface area contributed by atoms with Gasteiger partial charge in [0.05, 0.1) is 44.2 Å². The second kappa shape index (κ2) is 12.2. The zero-order valence-corrected chi connectivity index (χ0v) is 22.6. The van der Waals surface area contributed by atoms with E-state index in [0.717, 1.165) is 17.6 Å². The predicted octanol–water partition coefficient (Wildman–Crippen LogP) is 5.64. The fraction of sp³-hybridized carbons (Fsp3) is 0.310. The van der Waals surface area contributed by atoms with E-state index < -0.39 is 5.56 Å². The molecular weight excluding hydrogens is 508 g/mol. The van der Waals surface area contributed by atoms with E-state index in [-0.39, 0.29) is 23.8 Å². The Balaban J connectivity index is 1.84. The molecule has 0 saturated carbocycles. The second-order valence-electron chi connectivity index (χ2n) is 8.61. The first-order valence-electron chi connectivity index (χ1n) is 12.4. The highest BCUT2D eigenvalue weighted by Crippen LogP contribution is 2.45. The lowest BCUT2D eigenvalue weighted by atomic mass is 9.97. The Morgan fingerprint density at radius 2 is 1.71 bits per heavy atom. The fourth-order valence-electron chi connectivity index (χ4n) is 4.38. The maximum Gasteiger partial charge on any atom is 0.264 e. The molecule has 1 aromatic heterocycles. The van der Waals surface area contributed by atoms with E-state index in [1.807, 2.05) is 38.1 Å². The number of hydrogen-bond donors (Lipinski definition) is 2. The molecule has 0 aliphatic carbocycles. The van der Waals surface area contributed by atoms with Gasteiger partial charge in [-0.15, -0.1) is 0 Å². The monoisotopic (exact) mass is 538 g/mol. The van der Waals surface area contributed by atoms with Crippen LogP contribution in [0.1, 0.15) is 37.1 Å². The zero-order valence-electron chi connectivity index (χ0n) is 21.9. The van der Waals surface area contributed by atoms with Gasteiger partial charge in [-0.1, -0.05) is 36.7 Å².